The van der Waals surface area contributed by atoms with E-state index in [1.54, 1.807) is 19.9 Å². The third-order valence-electron chi connectivity index (χ3n) is 4.31. The van der Waals surface area contributed by atoms with Crippen molar-refractivity contribution in [3.05, 3.63) is 52.1 Å². The van der Waals surface area contributed by atoms with Crippen molar-refractivity contribution in [1.29, 1.82) is 0 Å². The van der Waals surface area contributed by atoms with Gasteiger partial charge in [0.15, 0.2) is 11.5 Å². The highest BCUT2D eigenvalue weighted by atomic mass is 32.2. The van der Waals surface area contributed by atoms with Crippen LogP contribution in [-0.4, -0.2) is 32.6 Å². The summed E-state index contributed by atoms with van der Waals surface area (Å²) in [5, 5.41) is 14.6. The second-order valence-electron chi connectivity index (χ2n) is 6.98. The fourth-order valence-electron chi connectivity index (χ4n) is 2.98. The van der Waals surface area contributed by atoms with Crippen molar-refractivity contribution in [1.82, 2.24) is 4.72 Å². The summed E-state index contributed by atoms with van der Waals surface area (Å²) < 4.78 is 38.2. The lowest BCUT2D eigenvalue weighted by Gasteiger charge is -2.21. The zero-order chi connectivity index (χ0) is 21.2. The normalized spacial score (nSPS) is 14.5. The first-order valence-corrected chi connectivity index (χ1v) is 10.6. The minimum atomic E-state index is -3.84. The van der Waals surface area contributed by atoms with Gasteiger partial charge in [-0.3, -0.25) is 10.1 Å². The Labute approximate surface area is 169 Å². The first-order valence-electron chi connectivity index (χ1n) is 9.14. The van der Waals surface area contributed by atoms with Crippen LogP contribution in [0.2, 0.25) is 0 Å². The zero-order valence-electron chi connectivity index (χ0n) is 16.3. The van der Waals surface area contributed by atoms with E-state index in [-0.39, 0.29) is 28.4 Å². The number of benzene rings is 2. The molecule has 1 atom stereocenters. The van der Waals surface area contributed by atoms with E-state index in [0.29, 0.717) is 24.7 Å². The molecule has 0 bridgehead atoms. The van der Waals surface area contributed by atoms with Gasteiger partial charge in [0.1, 0.15) is 18.9 Å². The summed E-state index contributed by atoms with van der Waals surface area (Å²) in [6, 6.07) is 8.66. The summed E-state index contributed by atoms with van der Waals surface area (Å²) in [4.78, 5) is 10.8. The molecule has 10 heteroatoms. The van der Waals surface area contributed by atoms with Gasteiger partial charge in [-0.15, -0.1) is 0 Å². The van der Waals surface area contributed by atoms with Gasteiger partial charge in [0.05, 0.1) is 9.82 Å². The number of sulfonamides is 1. The first kappa shape index (κ1) is 20.9. The molecule has 1 aliphatic heterocycles. The molecule has 0 fully saturated rings. The third-order valence-corrected chi connectivity index (χ3v) is 5.96. The Morgan fingerprint density at radius 3 is 2.38 bits per heavy atom. The molecule has 29 heavy (non-hydrogen) atoms. The molecule has 1 heterocycles. The SMILES string of the molecule is CC(C)NS(=O)(=O)c1ccc(N[C@H](C)c2ccc3c(c2)OCCO3)c([N+](=O)[O-])c1. The lowest BCUT2D eigenvalue weighted by atomic mass is 10.1. The summed E-state index contributed by atoms with van der Waals surface area (Å²) in [6.07, 6.45) is 0. The maximum atomic E-state index is 12.3. The van der Waals surface area contributed by atoms with Crippen LogP contribution in [0.15, 0.2) is 41.3 Å². The number of anilines is 1. The largest absolute Gasteiger partial charge is 0.486 e. The van der Waals surface area contributed by atoms with E-state index in [1.165, 1.54) is 12.1 Å². The van der Waals surface area contributed by atoms with Crippen molar-refractivity contribution < 1.29 is 22.8 Å². The van der Waals surface area contributed by atoms with E-state index in [4.69, 9.17) is 9.47 Å². The molecule has 3 rings (SSSR count). The molecule has 2 aromatic carbocycles. The van der Waals surface area contributed by atoms with Gasteiger partial charge < -0.3 is 14.8 Å². The van der Waals surface area contributed by atoms with Crippen molar-refractivity contribution in [2.75, 3.05) is 18.5 Å². The van der Waals surface area contributed by atoms with Gasteiger partial charge >= 0.3 is 0 Å². The highest BCUT2D eigenvalue weighted by molar-refractivity contribution is 7.89. The summed E-state index contributed by atoms with van der Waals surface area (Å²) in [6.45, 7) is 6.16. The lowest BCUT2D eigenvalue weighted by Crippen LogP contribution is -2.30. The van der Waals surface area contributed by atoms with E-state index in [9.17, 15) is 18.5 Å². The molecule has 0 aliphatic carbocycles. The standard InChI is InChI=1S/C19H23N3O6S/c1-12(2)21-29(25,26)15-5-6-16(17(11-15)22(23)24)20-13(3)14-4-7-18-19(10-14)28-9-8-27-18/h4-7,10-13,20-21H,8-9H2,1-3H3/t13-/m1/s1. The van der Waals surface area contributed by atoms with Crippen molar-refractivity contribution in [2.45, 2.75) is 37.8 Å². The Balaban J connectivity index is 1.87. The minimum Gasteiger partial charge on any atom is -0.486 e. The highest BCUT2D eigenvalue weighted by Gasteiger charge is 2.23. The minimum absolute atomic E-state index is 0.157. The maximum absolute atomic E-state index is 12.3. The Morgan fingerprint density at radius 2 is 1.72 bits per heavy atom. The van der Waals surface area contributed by atoms with Gasteiger partial charge in [-0.05, 0) is 50.6 Å². The number of rotatable bonds is 7. The Kier molecular flexibility index (Phi) is 5.94. The number of hydrogen-bond donors (Lipinski definition) is 2. The molecule has 2 N–H and O–H groups in total. The molecule has 156 valence electrons. The molecule has 0 amide bonds. The number of fused-ring (bicyclic) bond motifs is 1. The van der Waals surface area contributed by atoms with E-state index in [0.717, 1.165) is 11.6 Å². The monoisotopic (exact) mass is 421 g/mol. The molecular formula is C19H23N3O6S. The van der Waals surface area contributed by atoms with E-state index in [1.807, 2.05) is 19.1 Å². The van der Waals surface area contributed by atoms with Crippen LogP contribution < -0.4 is 19.5 Å². The van der Waals surface area contributed by atoms with Gasteiger partial charge in [0.2, 0.25) is 10.0 Å². The van der Waals surface area contributed by atoms with Gasteiger partial charge in [-0.2, -0.15) is 0 Å². The number of ether oxygens (including phenoxy) is 2. The van der Waals surface area contributed by atoms with Crippen molar-refractivity contribution >= 4 is 21.4 Å². The van der Waals surface area contributed by atoms with Crippen LogP contribution in [0.5, 0.6) is 11.5 Å². The number of nitro benzene ring substituents is 1. The number of nitrogens with one attached hydrogen (secondary N) is 2. The second kappa shape index (κ2) is 8.26. The average molecular weight is 421 g/mol. The molecule has 0 saturated heterocycles. The molecule has 0 radical (unpaired) electrons. The van der Waals surface area contributed by atoms with E-state index >= 15 is 0 Å². The number of nitrogens with zero attached hydrogens (tertiary/aromatic N) is 1. The van der Waals surface area contributed by atoms with E-state index < -0.39 is 14.9 Å². The maximum Gasteiger partial charge on any atom is 0.293 e. The fraction of sp³-hybridized carbons (Fsp3) is 0.368. The van der Waals surface area contributed by atoms with Gasteiger partial charge in [-0.1, -0.05) is 6.07 Å². The van der Waals surface area contributed by atoms with Crippen LogP contribution in [0.25, 0.3) is 0 Å². The van der Waals surface area contributed by atoms with Crippen LogP contribution in [-0.2, 0) is 10.0 Å². The van der Waals surface area contributed by atoms with Crippen molar-refractivity contribution in [2.24, 2.45) is 0 Å². The predicted molar refractivity (Wildman–Crippen MR) is 108 cm³/mol. The smallest absolute Gasteiger partial charge is 0.293 e. The number of hydrogen-bond acceptors (Lipinski definition) is 7. The third kappa shape index (κ3) is 4.77. The topological polar surface area (TPSA) is 120 Å². The molecule has 0 aromatic heterocycles. The number of nitro groups is 1. The fourth-order valence-corrected chi connectivity index (χ4v) is 4.25. The molecule has 2 aromatic rings. The molecule has 1 aliphatic rings. The summed E-state index contributed by atoms with van der Waals surface area (Å²) >= 11 is 0. The Hall–Kier alpha value is -2.85. The van der Waals surface area contributed by atoms with E-state index in [2.05, 4.69) is 10.0 Å². The summed E-state index contributed by atoms with van der Waals surface area (Å²) in [7, 11) is -3.84. The second-order valence-corrected chi connectivity index (χ2v) is 8.70. The van der Waals surface area contributed by atoms with Crippen molar-refractivity contribution in [3.8, 4) is 11.5 Å². The summed E-state index contributed by atoms with van der Waals surface area (Å²) in [5.41, 5.74) is 0.753. The van der Waals surface area contributed by atoms with Crippen LogP contribution >= 0.6 is 0 Å². The molecule has 0 saturated carbocycles. The van der Waals surface area contributed by atoms with Gasteiger partial charge in [0.25, 0.3) is 5.69 Å². The Morgan fingerprint density at radius 1 is 1.03 bits per heavy atom. The van der Waals surface area contributed by atoms with Crippen LogP contribution in [0.1, 0.15) is 32.4 Å². The zero-order valence-corrected chi connectivity index (χ0v) is 17.2. The van der Waals surface area contributed by atoms with Crippen LogP contribution in [0.4, 0.5) is 11.4 Å². The first-order chi connectivity index (χ1) is 13.7. The molecule has 9 nitrogen and oxygen atoms in total. The molecule has 0 spiro atoms. The van der Waals surface area contributed by atoms with Gasteiger partial charge in [-0.25, -0.2) is 13.1 Å². The van der Waals surface area contributed by atoms with Crippen LogP contribution in [0.3, 0.4) is 0 Å². The van der Waals surface area contributed by atoms with Crippen LogP contribution in [0, 0.1) is 10.1 Å². The highest BCUT2D eigenvalue weighted by Crippen LogP contribution is 2.35. The predicted octanol–water partition coefficient (Wildman–Crippen LogP) is 3.23. The molecule has 0 unspecified atom stereocenters. The quantitative estimate of drug-likeness (QED) is 0.520. The van der Waals surface area contributed by atoms with Crippen molar-refractivity contribution in [3.63, 3.8) is 0 Å². The van der Waals surface area contributed by atoms with Gasteiger partial charge in [0, 0.05) is 18.2 Å². The lowest BCUT2D eigenvalue weighted by molar-refractivity contribution is -0.384. The molecular weight excluding hydrogens is 398 g/mol. The summed E-state index contributed by atoms with van der Waals surface area (Å²) in [5.74, 6) is 1.28. The average Bonchev–Trinajstić information content (AvgIpc) is 2.66. The Bertz CT molecular complexity index is 1020.